The van der Waals surface area contributed by atoms with Crippen LogP contribution in [-0.4, -0.2) is 32.1 Å². The van der Waals surface area contributed by atoms with Crippen LogP contribution in [0.4, 0.5) is 39.0 Å². The summed E-state index contributed by atoms with van der Waals surface area (Å²) in [5.41, 5.74) is 1.30. The average molecular weight is 626 g/mol. The van der Waals surface area contributed by atoms with E-state index >= 15 is 0 Å². The Bertz CT molecular complexity index is 1950. The van der Waals surface area contributed by atoms with Gasteiger partial charge >= 0.3 is 5.63 Å². The number of amides is 1. The van der Waals surface area contributed by atoms with Crippen LogP contribution < -0.4 is 20.7 Å². The molecule has 1 N–H and O–H groups in total. The lowest BCUT2D eigenvalue weighted by molar-refractivity contribution is 0.102. The summed E-state index contributed by atoms with van der Waals surface area (Å²) in [7, 11) is 0. The van der Waals surface area contributed by atoms with Crippen molar-refractivity contribution in [3.63, 3.8) is 0 Å². The van der Waals surface area contributed by atoms with E-state index in [4.69, 9.17) is 16.0 Å². The minimum Gasteiger partial charge on any atom is -0.422 e. The van der Waals surface area contributed by atoms with Crippen molar-refractivity contribution >= 4 is 45.5 Å². The highest BCUT2D eigenvalue weighted by Crippen LogP contribution is 2.34. The van der Waals surface area contributed by atoms with E-state index in [9.17, 15) is 31.5 Å². The standard InChI is InChI=1S/C32H21ClF5N3O3/c33-22-16-20(9-10-23(22)40-11-13-41(14-12-40)30-28(37)26(35)25(34)27(36)29(30)38)39-31(42)18-7-5-17(6-8-18)21-15-19-3-1-2-4-24(19)44-32(21)43/h1-10,15-16H,11-14H2,(H,39,42). The maximum atomic E-state index is 14.3. The molecule has 6 nitrogen and oxygen atoms in total. The zero-order valence-corrected chi connectivity index (χ0v) is 23.4. The van der Waals surface area contributed by atoms with Gasteiger partial charge in [0, 0.05) is 42.8 Å². The number of fused-ring (bicyclic) bond motifs is 1. The number of para-hydroxylation sites is 1. The van der Waals surface area contributed by atoms with Gasteiger partial charge in [-0.05, 0) is 48.0 Å². The zero-order valence-electron chi connectivity index (χ0n) is 22.6. The first-order chi connectivity index (χ1) is 21.1. The number of piperazine rings is 1. The third-order valence-corrected chi connectivity index (χ3v) is 7.73. The molecule has 44 heavy (non-hydrogen) atoms. The summed E-state index contributed by atoms with van der Waals surface area (Å²) in [4.78, 5) is 28.3. The van der Waals surface area contributed by atoms with Crippen LogP contribution in [0.2, 0.25) is 5.02 Å². The maximum Gasteiger partial charge on any atom is 0.344 e. The van der Waals surface area contributed by atoms with Gasteiger partial charge in [-0.25, -0.2) is 26.7 Å². The predicted octanol–water partition coefficient (Wildman–Crippen LogP) is 7.39. The molecule has 1 aliphatic rings. The number of carbonyl (C=O) groups is 1. The summed E-state index contributed by atoms with van der Waals surface area (Å²) in [6.07, 6.45) is 0. The Balaban J connectivity index is 1.12. The molecule has 6 rings (SSSR count). The Morgan fingerprint density at radius 1 is 0.750 bits per heavy atom. The van der Waals surface area contributed by atoms with E-state index < -0.39 is 46.3 Å². The molecule has 2 heterocycles. The largest absolute Gasteiger partial charge is 0.422 e. The molecule has 1 saturated heterocycles. The molecule has 0 saturated carbocycles. The number of halogens is 6. The second kappa shape index (κ2) is 11.6. The number of nitrogens with one attached hydrogen (secondary N) is 1. The average Bonchev–Trinajstić information content (AvgIpc) is 3.03. The van der Waals surface area contributed by atoms with Gasteiger partial charge in [0.2, 0.25) is 5.82 Å². The number of carbonyl (C=O) groups excluding carboxylic acids is 1. The lowest BCUT2D eigenvalue weighted by Gasteiger charge is -2.38. The van der Waals surface area contributed by atoms with Crippen LogP contribution in [-0.2, 0) is 0 Å². The molecular weight excluding hydrogens is 605 g/mol. The molecule has 1 amide bonds. The Morgan fingerprint density at radius 2 is 1.36 bits per heavy atom. The van der Waals surface area contributed by atoms with Gasteiger partial charge in [0.15, 0.2) is 23.3 Å². The first kappa shape index (κ1) is 29.2. The molecule has 0 bridgehead atoms. The third-order valence-electron chi connectivity index (χ3n) is 7.43. The predicted molar refractivity (Wildman–Crippen MR) is 158 cm³/mol. The highest BCUT2D eigenvalue weighted by Gasteiger charge is 2.31. The first-order valence-corrected chi connectivity index (χ1v) is 13.8. The van der Waals surface area contributed by atoms with E-state index in [1.807, 2.05) is 12.1 Å². The van der Waals surface area contributed by atoms with Crippen LogP contribution >= 0.6 is 11.6 Å². The van der Waals surface area contributed by atoms with Gasteiger partial charge in [0.25, 0.3) is 5.91 Å². The van der Waals surface area contributed by atoms with Crippen LogP contribution in [0.5, 0.6) is 0 Å². The molecule has 224 valence electrons. The zero-order chi connectivity index (χ0) is 31.1. The van der Waals surface area contributed by atoms with Crippen LogP contribution in [0.3, 0.4) is 0 Å². The highest BCUT2D eigenvalue weighted by atomic mass is 35.5. The summed E-state index contributed by atoms with van der Waals surface area (Å²) in [5.74, 6) is -10.3. The van der Waals surface area contributed by atoms with E-state index in [-0.39, 0.29) is 31.2 Å². The fourth-order valence-electron chi connectivity index (χ4n) is 5.15. The van der Waals surface area contributed by atoms with Gasteiger partial charge in [-0.1, -0.05) is 41.9 Å². The summed E-state index contributed by atoms with van der Waals surface area (Å²) < 4.78 is 74.7. The van der Waals surface area contributed by atoms with Crippen LogP contribution in [0.15, 0.2) is 82.0 Å². The fourth-order valence-corrected chi connectivity index (χ4v) is 5.45. The quantitative estimate of drug-likeness (QED) is 0.0955. The Morgan fingerprint density at radius 3 is 2.02 bits per heavy atom. The Labute approximate surface area is 251 Å². The number of hydrogen-bond donors (Lipinski definition) is 1. The summed E-state index contributed by atoms with van der Waals surface area (Å²) in [6.45, 7) is 0.328. The normalized spacial score (nSPS) is 13.4. The van der Waals surface area contributed by atoms with Crippen LogP contribution in [0, 0.1) is 29.1 Å². The van der Waals surface area contributed by atoms with Crippen molar-refractivity contribution in [3.05, 3.63) is 123 Å². The lowest BCUT2D eigenvalue weighted by Crippen LogP contribution is -2.47. The molecule has 1 aromatic heterocycles. The second-order valence-corrected chi connectivity index (χ2v) is 10.5. The van der Waals surface area contributed by atoms with Crippen molar-refractivity contribution in [1.29, 1.82) is 0 Å². The van der Waals surface area contributed by atoms with E-state index in [1.165, 1.54) is 0 Å². The van der Waals surface area contributed by atoms with Crippen molar-refractivity contribution in [2.75, 3.05) is 41.3 Å². The number of rotatable bonds is 5. The highest BCUT2D eigenvalue weighted by molar-refractivity contribution is 6.33. The summed E-state index contributed by atoms with van der Waals surface area (Å²) in [6, 6.07) is 20.2. The molecule has 1 fully saturated rings. The SMILES string of the molecule is O=C(Nc1ccc(N2CCN(c3c(F)c(F)c(F)c(F)c3F)CC2)c(Cl)c1)c1ccc(-c2cc3ccccc3oc2=O)cc1. The number of hydrogen-bond acceptors (Lipinski definition) is 5. The Kier molecular flexibility index (Phi) is 7.73. The molecular formula is C32H21ClF5N3O3. The van der Waals surface area contributed by atoms with Crippen molar-refractivity contribution < 1.29 is 31.2 Å². The molecule has 1 aliphatic heterocycles. The molecule has 0 spiro atoms. The second-order valence-electron chi connectivity index (χ2n) is 10.1. The fraction of sp³-hybridized carbons (Fsp3) is 0.125. The molecule has 5 aromatic rings. The maximum absolute atomic E-state index is 14.3. The van der Waals surface area contributed by atoms with Gasteiger partial charge in [-0.3, -0.25) is 4.79 Å². The van der Waals surface area contributed by atoms with Gasteiger partial charge in [-0.15, -0.1) is 0 Å². The summed E-state index contributed by atoms with van der Waals surface area (Å²) in [5, 5.41) is 3.82. The minimum atomic E-state index is -2.20. The topological polar surface area (TPSA) is 65.8 Å². The molecule has 4 aromatic carbocycles. The van der Waals surface area contributed by atoms with Crippen LogP contribution in [0.1, 0.15) is 10.4 Å². The first-order valence-electron chi connectivity index (χ1n) is 13.4. The van der Waals surface area contributed by atoms with E-state index in [0.29, 0.717) is 33.6 Å². The monoisotopic (exact) mass is 625 g/mol. The van der Waals surface area contributed by atoms with Crippen molar-refractivity contribution in [2.45, 2.75) is 0 Å². The van der Waals surface area contributed by atoms with E-state index in [1.54, 1.807) is 65.6 Å². The molecule has 0 atom stereocenters. The smallest absolute Gasteiger partial charge is 0.344 e. The Hall–Kier alpha value is -4.90. The van der Waals surface area contributed by atoms with Crippen molar-refractivity contribution in [1.82, 2.24) is 0 Å². The van der Waals surface area contributed by atoms with Gasteiger partial charge in [-0.2, -0.15) is 0 Å². The lowest BCUT2D eigenvalue weighted by atomic mass is 10.0. The van der Waals surface area contributed by atoms with E-state index in [0.717, 1.165) is 10.3 Å². The van der Waals surface area contributed by atoms with Gasteiger partial charge in [0.05, 0.1) is 16.3 Å². The molecule has 0 aliphatic carbocycles. The van der Waals surface area contributed by atoms with Gasteiger partial charge in [0.1, 0.15) is 11.3 Å². The minimum absolute atomic E-state index is 0.0235. The molecule has 0 radical (unpaired) electrons. The third kappa shape index (κ3) is 5.35. The van der Waals surface area contributed by atoms with Crippen molar-refractivity contribution in [3.8, 4) is 11.1 Å². The van der Waals surface area contributed by atoms with E-state index in [2.05, 4.69) is 5.32 Å². The summed E-state index contributed by atoms with van der Waals surface area (Å²) >= 11 is 6.49. The molecule has 12 heteroatoms. The van der Waals surface area contributed by atoms with Crippen molar-refractivity contribution in [2.24, 2.45) is 0 Å². The van der Waals surface area contributed by atoms with Gasteiger partial charge < -0.3 is 19.5 Å². The number of anilines is 3. The molecule has 0 unspecified atom stereocenters. The number of nitrogens with zero attached hydrogens (tertiary/aromatic N) is 2. The van der Waals surface area contributed by atoms with Crippen LogP contribution in [0.25, 0.3) is 22.1 Å². The number of benzene rings is 4.